The molecule has 94 valence electrons. The molecule has 0 aromatic carbocycles. The summed E-state index contributed by atoms with van der Waals surface area (Å²) in [6.45, 7) is 2.16. The van der Waals surface area contributed by atoms with Gasteiger partial charge in [-0.25, -0.2) is 4.68 Å². The summed E-state index contributed by atoms with van der Waals surface area (Å²) in [4.78, 5) is 11.8. The third-order valence-corrected chi connectivity index (χ3v) is 3.64. The summed E-state index contributed by atoms with van der Waals surface area (Å²) in [5.41, 5.74) is -0.0623. The Hall–Kier alpha value is -1.16. The smallest absolute Gasteiger partial charge is 0.266 e. The lowest BCUT2D eigenvalue weighted by atomic mass is 9.80. The molecule has 0 radical (unpaired) electrons. The maximum atomic E-state index is 11.8. The number of nitrogens with zero attached hydrogens (tertiary/aromatic N) is 2. The Balaban J connectivity index is 2.26. The van der Waals surface area contributed by atoms with Gasteiger partial charge in [-0.05, 0) is 37.7 Å². The number of aliphatic hydroxyl groups is 1. The molecule has 3 atom stereocenters. The Morgan fingerprint density at radius 3 is 3.06 bits per heavy atom. The van der Waals surface area contributed by atoms with Crippen LogP contribution in [0.5, 0.6) is 0 Å². The molecule has 1 aromatic rings. The monoisotopic (exact) mass is 236 g/mol. The number of aromatic nitrogens is 2. The van der Waals surface area contributed by atoms with Crippen LogP contribution in [0.1, 0.15) is 45.1 Å². The third-order valence-electron chi connectivity index (χ3n) is 3.64. The highest BCUT2D eigenvalue weighted by atomic mass is 16.3. The molecule has 0 bridgehead atoms. The molecule has 0 amide bonds. The molecule has 1 aliphatic rings. The van der Waals surface area contributed by atoms with Crippen molar-refractivity contribution >= 4 is 0 Å². The number of aliphatic hydroxyl groups excluding tert-OH is 1. The standard InChI is InChI=1S/C13H20N2O2/c1-2-4-10-6-7-11(16)9-12(10)15-13(17)5-3-8-14-15/h3,5,8,10-12,16H,2,4,6-7,9H2,1H3. The van der Waals surface area contributed by atoms with Crippen LogP contribution in [-0.2, 0) is 0 Å². The summed E-state index contributed by atoms with van der Waals surface area (Å²) in [5.74, 6) is 0.469. The van der Waals surface area contributed by atoms with Crippen molar-refractivity contribution in [2.75, 3.05) is 0 Å². The highest BCUT2D eigenvalue weighted by Crippen LogP contribution is 2.35. The third kappa shape index (κ3) is 2.75. The van der Waals surface area contributed by atoms with Gasteiger partial charge in [-0.3, -0.25) is 4.79 Å². The van der Waals surface area contributed by atoms with Crippen LogP contribution >= 0.6 is 0 Å². The van der Waals surface area contributed by atoms with E-state index >= 15 is 0 Å². The molecule has 1 saturated carbocycles. The van der Waals surface area contributed by atoms with Crippen molar-refractivity contribution < 1.29 is 5.11 Å². The van der Waals surface area contributed by atoms with Gasteiger partial charge in [0.05, 0.1) is 12.1 Å². The van der Waals surface area contributed by atoms with Crippen LogP contribution in [0.3, 0.4) is 0 Å². The molecule has 0 spiro atoms. The van der Waals surface area contributed by atoms with Crippen LogP contribution in [0, 0.1) is 5.92 Å². The van der Waals surface area contributed by atoms with Crippen LogP contribution in [0.2, 0.25) is 0 Å². The van der Waals surface area contributed by atoms with Gasteiger partial charge in [-0.2, -0.15) is 5.10 Å². The molecule has 0 saturated heterocycles. The van der Waals surface area contributed by atoms with Crippen molar-refractivity contribution in [1.29, 1.82) is 0 Å². The molecular weight excluding hydrogens is 216 g/mol. The van der Waals surface area contributed by atoms with E-state index in [9.17, 15) is 9.90 Å². The Bertz CT molecular complexity index is 416. The van der Waals surface area contributed by atoms with Gasteiger partial charge in [0.1, 0.15) is 0 Å². The second kappa shape index (κ2) is 5.45. The van der Waals surface area contributed by atoms with Gasteiger partial charge in [-0.1, -0.05) is 13.3 Å². The van der Waals surface area contributed by atoms with Crippen molar-refractivity contribution in [2.45, 2.75) is 51.2 Å². The number of hydrogen-bond acceptors (Lipinski definition) is 3. The zero-order valence-corrected chi connectivity index (χ0v) is 10.2. The molecule has 1 N–H and O–H groups in total. The van der Waals surface area contributed by atoms with E-state index in [0.717, 1.165) is 25.7 Å². The predicted octanol–water partition coefficient (Wildman–Crippen LogP) is 1.75. The van der Waals surface area contributed by atoms with Crippen LogP contribution in [0.4, 0.5) is 0 Å². The largest absolute Gasteiger partial charge is 0.393 e. The first-order chi connectivity index (χ1) is 8.22. The van der Waals surface area contributed by atoms with Gasteiger partial charge in [0, 0.05) is 12.3 Å². The zero-order chi connectivity index (χ0) is 12.3. The number of hydrogen-bond donors (Lipinski definition) is 1. The Kier molecular flexibility index (Phi) is 3.94. The zero-order valence-electron chi connectivity index (χ0n) is 10.2. The van der Waals surface area contributed by atoms with Gasteiger partial charge in [0.15, 0.2) is 0 Å². The fourth-order valence-corrected chi connectivity index (χ4v) is 2.81. The van der Waals surface area contributed by atoms with E-state index in [1.807, 2.05) is 0 Å². The highest BCUT2D eigenvalue weighted by molar-refractivity contribution is 4.90. The molecule has 1 aromatic heterocycles. The van der Waals surface area contributed by atoms with Gasteiger partial charge in [-0.15, -0.1) is 0 Å². The second-order valence-corrected chi connectivity index (χ2v) is 4.89. The first kappa shape index (κ1) is 12.3. The van der Waals surface area contributed by atoms with Crippen molar-refractivity contribution in [2.24, 2.45) is 5.92 Å². The summed E-state index contributed by atoms with van der Waals surface area (Å²) in [6.07, 6.45) is 6.06. The lowest BCUT2D eigenvalue weighted by Gasteiger charge is -2.34. The summed E-state index contributed by atoms with van der Waals surface area (Å²) in [5, 5.41) is 13.9. The van der Waals surface area contributed by atoms with E-state index < -0.39 is 0 Å². The molecule has 1 aliphatic carbocycles. The van der Waals surface area contributed by atoms with Crippen molar-refractivity contribution in [3.05, 3.63) is 28.7 Å². The fourth-order valence-electron chi connectivity index (χ4n) is 2.81. The molecule has 0 aliphatic heterocycles. The van der Waals surface area contributed by atoms with E-state index in [4.69, 9.17) is 0 Å². The van der Waals surface area contributed by atoms with Crippen LogP contribution in [0.25, 0.3) is 0 Å². The van der Waals surface area contributed by atoms with Crippen LogP contribution < -0.4 is 5.56 Å². The van der Waals surface area contributed by atoms with Gasteiger partial charge < -0.3 is 5.11 Å². The second-order valence-electron chi connectivity index (χ2n) is 4.89. The molecule has 17 heavy (non-hydrogen) atoms. The SMILES string of the molecule is CCCC1CCC(O)CC1n1ncccc1=O. The van der Waals surface area contributed by atoms with Crippen molar-refractivity contribution in [1.82, 2.24) is 9.78 Å². The average Bonchev–Trinajstić information content (AvgIpc) is 2.32. The van der Waals surface area contributed by atoms with E-state index in [1.54, 1.807) is 16.9 Å². The topological polar surface area (TPSA) is 55.1 Å². The first-order valence-electron chi connectivity index (χ1n) is 6.44. The Morgan fingerprint density at radius 1 is 1.53 bits per heavy atom. The van der Waals surface area contributed by atoms with E-state index in [1.165, 1.54) is 6.07 Å². The normalized spacial score (nSPS) is 29.2. The molecule has 2 rings (SSSR count). The maximum Gasteiger partial charge on any atom is 0.266 e. The number of rotatable bonds is 3. The Morgan fingerprint density at radius 2 is 2.35 bits per heavy atom. The fraction of sp³-hybridized carbons (Fsp3) is 0.692. The minimum Gasteiger partial charge on any atom is -0.393 e. The summed E-state index contributed by atoms with van der Waals surface area (Å²) < 4.78 is 1.56. The lowest BCUT2D eigenvalue weighted by Crippen LogP contribution is -2.36. The average molecular weight is 236 g/mol. The van der Waals surface area contributed by atoms with Crippen molar-refractivity contribution in [3.63, 3.8) is 0 Å². The van der Waals surface area contributed by atoms with E-state index in [-0.39, 0.29) is 17.7 Å². The molecule has 3 unspecified atom stereocenters. The van der Waals surface area contributed by atoms with Gasteiger partial charge in [0.2, 0.25) is 0 Å². The maximum absolute atomic E-state index is 11.8. The molecule has 1 fully saturated rings. The van der Waals surface area contributed by atoms with Gasteiger partial charge >= 0.3 is 0 Å². The van der Waals surface area contributed by atoms with Crippen LogP contribution in [-0.4, -0.2) is 21.0 Å². The summed E-state index contributed by atoms with van der Waals surface area (Å²) >= 11 is 0. The Labute approximate surface area is 101 Å². The molecule has 4 nitrogen and oxygen atoms in total. The minimum absolute atomic E-state index is 0.0623. The van der Waals surface area contributed by atoms with E-state index in [2.05, 4.69) is 12.0 Å². The quantitative estimate of drug-likeness (QED) is 0.869. The molecule has 1 heterocycles. The predicted molar refractivity (Wildman–Crippen MR) is 65.8 cm³/mol. The lowest BCUT2D eigenvalue weighted by molar-refractivity contribution is 0.0629. The van der Waals surface area contributed by atoms with Gasteiger partial charge in [0.25, 0.3) is 5.56 Å². The summed E-state index contributed by atoms with van der Waals surface area (Å²) in [7, 11) is 0. The molecule has 4 heteroatoms. The van der Waals surface area contributed by atoms with E-state index in [0.29, 0.717) is 12.3 Å². The minimum atomic E-state index is -0.290. The molecular formula is C13H20N2O2. The first-order valence-corrected chi connectivity index (χ1v) is 6.44. The summed E-state index contributed by atoms with van der Waals surface area (Å²) in [6, 6.07) is 3.26. The highest BCUT2D eigenvalue weighted by Gasteiger charge is 2.31. The van der Waals surface area contributed by atoms with Crippen molar-refractivity contribution in [3.8, 4) is 0 Å². The van der Waals surface area contributed by atoms with Crippen LogP contribution in [0.15, 0.2) is 23.1 Å².